The molecular weight excluding hydrogens is 484 g/mol. The van der Waals surface area contributed by atoms with Gasteiger partial charge in [-0.15, -0.1) is 0 Å². The summed E-state index contributed by atoms with van der Waals surface area (Å²) in [4.78, 5) is 11.2. The number of allylic oxidation sites excluding steroid dienone is 4. The molecular formula is C33H22N2O2Si. The van der Waals surface area contributed by atoms with Gasteiger partial charge in [-0.3, -0.25) is 0 Å². The fourth-order valence-corrected chi connectivity index (χ4v) is 7.10. The quantitative estimate of drug-likeness (QED) is 0.162. The minimum atomic E-state index is -1.19. The van der Waals surface area contributed by atoms with Crippen LogP contribution in [0.5, 0.6) is 0 Å². The number of nitrogens with zero attached hydrogens (tertiary/aromatic N) is 2. The summed E-state index contributed by atoms with van der Waals surface area (Å²) in [5.41, 5.74) is 12.0. The van der Waals surface area contributed by atoms with E-state index in [2.05, 4.69) is 91.0 Å². The van der Waals surface area contributed by atoms with E-state index < -0.39 is 5.97 Å². The van der Waals surface area contributed by atoms with Crippen LogP contribution in [0.2, 0.25) is 0 Å². The average Bonchev–Trinajstić information content (AvgIpc) is 3.69. The SMILES string of the molecule is CC1(C)c2cc(C3=CC=C(/C=C(/C#N)C(=O)O)[Si]3)ccc2-c2ccc(-c3cc4ccc5ccc(c3)n54)cc21. The molecule has 0 fully saturated rings. The Kier molecular flexibility index (Phi) is 4.69. The van der Waals surface area contributed by atoms with Crippen molar-refractivity contribution < 1.29 is 9.90 Å². The largest absolute Gasteiger partial charge is 0.477 e. The molecule has 180 valence electrons. The summed E-state index contributed by atoms with van der Waals surface area (Å²) in [7, 11) is 0.313. The number of hydrogen-bond acceptors (Lipinski definition) is 2. The molecule has 38 heavy (non-hydrogen) atoms. The zero-order valence-electron chi connectivity index (χ0n) is 20.9. The smallest absolute Gasteiger partial charge is 0.346 e. The minimum absolute atomic E-state index is 0.157. The van der Waals surface area contributed by atoms with Crippen LogP contribution in [0.15, 0.2) is 102 Å². The van der Waals surface area contributed by atoms with Gasteiger partial charge in [-0.05, 0) is 87.5 Å². The lowest BCUT2D eigenvalue weighted by atomic mass is 9.81. The molecule has 1 aliphatic carbocycles. The summed E-state index contributed by atoms with van der Waals surface area (Å²) in [6, 6.07) is 28.5. The molecule has 0 bridgehead atoms. The summed E-state index contributed by atoms with van der Waals surface area (Å²) in [5.74, 6) is -1.19. The monoisotopic (exact) mass is 506 g/mol. The lowest BCUT2D eigenvalue weighted by Crippen LogP contribution is -2.15. The number of aromatic nitrogens is 1. The van der Waals surface area contributed by atoms with Crippen molar-refractivity contribution in [3.05, 3.63) is 118 Å². The highest BCUT2D eigenvalue weighted by Gasteiger charge is 2.36. The molecule has 1 aliphatic heterocycles. The molecule has 2 aliphatic rings. The molecule has 5 heteroatoms. The number of nitriles is 1. The third-order valence-electron chi connectivity index (χ3n) is 7.91. The van der Waals surface area contributed by atoms with E-state index in [-0.39, 0.29) is 11.0 Å². The highest BCUT2D eigenvalue weighted by Crippen LogP contribution is 2.50. The molecule has 2 radical (unpaired) electrons. The third-order valence-corrected chi connectivity index (χ3v) is 9.24. The Morgan fingerprint density at radius 3 is 2.08 bits per heavy atom. The molecule has 4 heterocycles. The van der Waals surface area contributed by atoms with Crippen LogP contribution in [0.1, 0.15) is 30.5 Å². The summed E-state index contributed by atoms with van der Waals surface area (Å²) in [6.07, 6.45) is 5.43. The number of carboxylic acids is 1. The second-order valence-electron chi connectivity index (χ2n) is 10.5. The van der Waals surface area contributed by atoms with Crippen molar-refractivity contribution in [2.24, 2.45) is 0 Å². The molecule has 7 rings (SSSR count). The van der Waals surface area contributed by atoms with E-state index >= 15 is 0 Å². The predicted molar refractivity (Wildman–Crippen MR) is 152 cm³/mol. The molecule has 0 amide bonds. The predicted octanol–water partition coefficient (Wildman–Crippen LogP) is 6.98. The van der Waals surface area contributed by atoms with E-state index in [9.17, 15) is 9.90 Å². The zero-order valence-corrected chi connectivity index (χ0v) is 21.9. The molecule has 1 N–H and O–H groups in total. The van der Waals surface area contributed by atoms with Crippen LogP contribution in [0, 0.1) is 11.3 Å². The van der Waals surface area contributed by atoms with Gasteiger partial charge in [-0.1, -0.05) is 66.7 Å². The number of hydrogen-bond donors (Lipinski definition) is 1. The Morgan fingerprint density at radius 2 is 1.45 bits per heavy atom. The Hall–Kier alpha value is -4.66. The first kappa shape index (κ1) is 22.5. The number of carbonyl (C=O) groups is 1. The zero-order chi connectivity index (χ0) is 26.2. The van der Waals surface area contributed by atoms with Crippen molar-refractivity contribution in [3.63, 3.8) is 0 Å². The van der Waals surface area contributed by atoms with Gasteiger partial charge in [0, 0.05) is 22.0 Å². The van der Waals surface area contributed by atoms with Gasteiger partial charge < -0.3 is 9.51 Å². The van der Waals surface area contributed by atoms with Crippen molar-refractivity contribution in [1.82, 2.24) is 4.40 Å². The van der Waals surface area contributed by atoms with Crippen LogP contribution in [0.3, 0.4) is 0 Å². The molecule has 0 atom stereocenters. The van der Waals surface area contributed by atoms with E-state index in [4.69, 9.17) is 5.26 Å². The molecule has 0 unspecified atom stereocenters. The fraction of sp³-hybridized carbons (Fsp3) is 0.0909. The van der Waals surface area contributed by atoms with E-state index in [0.717, 1.165) is 16.0 Å². The van der Waals surface area contributed by atoms with Crippen molar-refractivity contribution in [2.45, 2.75) is 19.3 Å². The first-order valence-corrected chi connectivity index (χ1v) is 13.5. The maximum Gasteiger partial charge on any atom is 0.346 e. The number of fused-ring (bicyclic) bond motifs is 3. The highest BCUT2D eigenvalue weighted by molar-refractivity contribution is 6.70. The van der Waals surface area contributed by atoms with Gasteiger partial charge >= 0.3 is 5.97 Å². The van der Waals surface area contributed by atoms with E-state index in [1.807, 2.05) is 12.2 Å². The van der Waals surface area contributed by atoms with Crippen LogP contribution in [0.4, 0.5) is 0 Å². The van der Waals surface area contributed by atoms with E-state index in [1.165, 1.54) is 56.0 Å². The number of carboxylic acid groups (broad SMARTS) is 1. The van der Waals surface area contributed by atoms with Crippen LogP contribution < -0.4 is 0 Å². The second kappa shape index (κ2) is 7.92. The van der Waals surface area contributed by atoms with Gasteiger partial charge in [-0.25, -0.2) is 4.79 Å². The Balaban J connectivity index is 1.23. The summed E-state index contributed by atoms with van der Waals surface area (Å²) in [6.45, 7) is 4.58. The molecule has 5 aromatic rings. The van der Waals surface area contributed by atoms with Gasteiger partial charge in [0.15, 0.2) is 0 Å². The molecule has 0 saturated heterocycles. The lowest BCUT2D eigenvalue weighted by Gasteiger charge is -2.23. The van der Waals surface area contributed by atoms with Crippen LogP contribution >= 0.6 is 0 Å². The van der Waals surface area contributed by atoms with Crippen molar-refractivity contribution in [2.75, 3.05) is 0 Å². The normalized spacial score (nSPS) is 15.9. The Labute approximate surface area is 222 Å². The Morgan fingerprint density at radius 1 is 0.842 bits per heavy atom. The maximum absolute atomic E-state index is 11.2. The Bertz CT molecular complexity index is 1920. The first-order chi connectivity index (χ1) is 18.3. The lowest BCUT2D eigenvalue weighted by molar-refractivity contribution is -0.132. The molecule has 0 saturated carbocycles. The van der Waals surface area contributed by atoms with Crippen molar-refractivity contribution in [1.29, 1.82) is 5.26 Å². The third kappa shape index (κ3) is 3.24. The topological polar surface area (TPSA) is 65.5 Å². The number of benzene rings is 2. The van der Waals surface area contributed by atoms with Gasteiger partial charge in [0.1, 0.15) is 21.2 Å². The summed E-state index contributed by atoms with van der Waals surface area (Å²) < 4.78 is 2.29. The van der Waals surface area contributed by atoms with Crippen LogP contribution in [0.25, 0.3) is 44.0 Å². The molecule has 2 aromatic carbocycles. The van der Waals surface area contributed by atoms with Gasteiger partial charge in [0.2, 0.25) is 0 Å². The fourth-order valence-electron chi connectivity index (χ4n) is 5.94. The average molecular weight is 507 g/mol. The first-order valence-electron chi connectivity index (χ1n) is 12.5. The second-order valence-corrected chi connectivity index (χ2v) is 11.8. The highest BCUT2D eigenvalue weighted by atomic mass is 28.2. The standard InChI is InChI=1S/C33H22N2O2Si/c1-33(2)29-16-19(21-13-24-7-5-23-6-8-25(14-21)35(23)24)3-10-27(29)28-11-4-20(17-30(28)33)31-12-9-26(38-31)15-22(18-34)32(36)37/h3-17H,1-2H3,(H,36,37)/b22-15-. The minimum Gasteiger partial charge on any atom is -0.477 e. The number of pyridine rings is 1. The number of rotatable bonds is 4. The number of aliphatic carboxylic acids is 1. The van der Waals surface area contributed by atoms with Crippen LogP contribution in [-0.2, 0) is 10.2 Å². The van der Waals surface area contributed by atoms with E-state index in [1.54, 1.807) is 6.07 Å². The van der Waals surface area contributed by atoms with Crippen LogP contribution in [-0.4, -0.2) is 25.0 Å². The maximum atomic E-state index is 11.2. The van der Waals surface area contributed by atoms with Gasteiger partial charge in [-0.2, -0.15) is 5.26 Å². The molecule has 0 spiro atoms. The van der Waals surface area contributed by atoms with Gasteiger partial charge in [0.25, 0.3) is 0 Å². The van der Waals surface area contributed by atoms with Crippen molar-refractivity contribution in [3.8, 4) is 28.3 Å². The van der Waals surface area contributed by atoms with E-state index in [0.29, 0.717) is 9.52 Å². The summed E-state index contributed by atoms with van der Waals surface area (Å²) >= 11 is 0. The molecule has 3 aromatic heterocycles. The summed E-state index contributed by atoms with van der Waals surface area (Å²) in [5, 5.41) is 20.3. The molecule has 4 nitrogen and oxygen atoms in total. The van der Waals surface area contributed by atoms with Gasteiger partial charge in [0.05, 0.1) is 0 Å². The van der Waals surface area contributed by atoms with Crippen molar-refractivity contribution >= 4 is 37.2 Å².